The van der Waals surface area contributed by atoms with Crippen molar-refractivity contribution in [2.75, 3.05) is 12.3 Å². The highest BCUT2D eigenvalue weighted by Gasteiger charge is 2.12. The highest BCUT2D eigenvalue weighted by molar-refractivity contribution is 7.80. The van der Waals surface area contributed by atoms with Crippen molar-refractivity contribution in [1.82, 2.24) is 9.88 Å². The van der Waals surface area contributed by atoms with Gasteiger partial charge in [-0.25, -0.2) is 0 Å². The fourth-order valence-electron chi connectivity index (χ4n) is 1.83. The summed E-state index contributed by atoms with van der Waals surface area (Å²) in [7, 11) is 1.60. The quantitative estimate of drug-likeness (QED) is 0.817. The second-order valence-electron chi connectivity index (χ2n) is 3.96. The predicted molar refractivity (Wildman–Crippen MR) is 75.4 cm³/mol. The van der Waals surface area contributed by atoms with Gasteiger partial charge < -0.3 is 9.88 Å². The topological polar surface area (TPSA) is 51.1 Å². The van der Waals surface area contributed by atoms with Crippen molar-refractivity contribution in [3.63, 3.8) is 0 Å². The lowest BCUT2D eigenvalue weighted by Gasteiger charge is -2.10. The first-order valence-corrected chi connectivity index (χ1v) is 6.26. The van der Waals surface area contributed by atoms with E-state index in [1.165, 1.54) is 4.57 Å². The minimum Gasteiger partial charge on any atom is -0.350 e. The third-order valence-electron chi connectivity index (χ3n) is 2.78. The van der Waals surface area contributed by atoms with Crippen molar-refractivity contribution >= 4 is 29.3 Å². The second kappa shape index (κ2) is 5.27. The summed E-state index contributed by atoms with van der Waals surface area (Å²) in [6.07, 6.45) is 0. The summed E-state index contributed by atoms with van der Waals surface area (Å²) < 4.78 is 1.37. The molecule has 0 saturated carbocycles. The monoisotopic (exact) mass is 262 g/mol. The van der Waals surface area contributed by atoms with Crippen LogP contribution in [0, 0.1) is 0 Å². The number of hydrogen-bond acceptors (Lipinski definition) is 3. The van der Waals surface area contributed by atoms with E-state index >= 15 is 0 Å². The van der Waals surface area contributed by atoms with Gasteiger partial charge in [0.15, 0.2) is 0 Å². The Balaban J connectivity index is 2.55. The smallest absolute Gasteiger partial charge is 0.268 e. The van der Waals surface area contributed by atoms with Crippen LogP contribution in [0.2, 0.25) is 0 Å². The van der Waals surface area contributed by atoms with Crippen LogP contribution in [0.15, 0.2) is 35.1 Å². The Morgan fingerprint density at radius 2 is 2.11 bits per heavy atom. The molecule has 0 spiro atoms. The van der Waals surface area contributed by atoms with Crippen LogP contribution in [-0.4, -0.2) is 22.8 Å². The second-order valence-corrected chi connectivity index (χ2v) is 4.41. The summed E-state index contributed by atoms with van der Waals surface area (Å²) >= 11 is 4.03. The van der Waals surface area contributed by atoms with Gasteiger partial charge in [0.05, 0.1) is 0 Å². The molecule has 1 amide bonds. The largest absolute Gasteiger partial charge is 0.350 e. The molecule has 2 rings (SSSR count). The van der Waals surface area contributed by atoms with Gasteiger partial charge in [-0.3, -0.25) is 9.59 Å². The summed E-state index contributed by atoms with van der Waals surface area (Å²) in [5.41, 5.74) is 0.199. The molecule has 0 saturated heterocycles. The zero-order valence-electron chi connectivity index (χ0n) is 10.0. The molecule has 94 valence electrons. The lowest BCUT2D eigenvalue weighted by Crippen LogP contribution is -2.31. The van der Waals surface area contributed by atoms with Gasteiger partial charge >= 0.3 is 0 Å². The first kappa shape index (κ1) is 12.7. The molecular weight excluding hydrogens is 248 g/mol. The highest BCUT2D eigenvalue weighted by atomic mass is 32.1. The minimum atomic E-state index is -0.255. The number of benzene rings is 1. The van der Waals surface area contributed by atoms with Crippen LogP contribution in [0.4, 0.5) is 0 Å². The number of aromatic nitrogens is 1. The molecule has 0 radical (unpaired) electrons. The Morgan fingerprint density at radius 1 is 1.39 bits per heavy atom. The molecule has 0 bridgehead atoms. The van der Waals surface area contributed by atoms with E-state index < -0.39 is 0 Å². The number of fused-ring (bicyclic) bond motifs is 1. The van der Waals surface area contributed by atoms with Gasteiger partial charge in [0.2, 0.25) is 0 Å². The molecule has 0 aliphatic heterocycles. The molecule has 18 heavy (non-hydrogen) atoms. The molecule has 1 heterocycles. The van der Waals surface area contributed by atoms with Crippen LogP contribution in [0.5, 0.6) is 0 Å². The number of carbonyl (C=O) groups is 1. The van der Waals surface area contributed by atoms with Crippen molar-refractivity contribution in [2.45, 2.75) is 0 Å². The Labute approximate surface area is 110 Å². The van der Waals surface area contributed by atoms with Gasteiger partial charge in [0.1, 0.15) is 5.69 Å². The van der Waals surface area contributed by atoms with E-state index in [4.69, 9.17) is 0 Å². The third kappa shape index (κ3) is 2.26. The number of pyridine rings is 1. The number of thiol groups is 1. The van der Waals surface area contributed by atoms with Gasteiger partial charge in [0.25, 0.3) is 11.5 Å². The van der Waals surface area contributed by atoms with Crippen molar-refractivity contribution in [3.05, 3.63) is 46.4 Å². The first-order valence-electron chi connectivity index (χ1n) is 5.63. The van der Waals surface area contributed by atoms with Crippen LogP contribution in [0.3, 0.4) is 0 Å². The van der Waals surface area contributed by atoms with Gasteiger partial charge in [0, 0.05) is 24.7 Å². The van der Waals surface area contributed by atoms with Crippen LogP contribution in [0.25, 0.3) is 10.8 Å². The fourth-order valence-corrected chi connectivity index (χ4v) is 1.94. The van der Waals surface area contributed by atoms with E-state index in [9.17, 15) is 9.59 Å². The molecule has 1 N–H and O–H groups in total. The maximum Gasteiger partial charge on any atom is 0.268 e. The van der Waals surface area contributed by atoms with Gasteiger partial charge in [-0.15, -0.1) is 0 Å². The van der Waals surface area contributed by atoms with Crippen molar-refractivity contribution in [1.29, 1.82) is 0 Å². The van der Waals surface area contributed by atoms with Crippen LogP contribution < -0.4 is 10.9 Å². The number of amides is 1. The van der Waals surface area contributed by atoms with Crippen molar-refractivity contribution in [3.8, 4) is 0 Å². The summed E-state index contributed by atoms with van der Waals surface area (Å²) in [6, 6.07) is 8.96. The lowest BCUT2D eigenvalue weighted by atomic mass is 10.1. The molecule has 5 heteroatoms. The zero-order valence-corrected chi connectivity index (χ0v) is 10.9. The first-order chi connectivity index (χ1) is 8.65. The van der Waals surface area contributed by atoms with Gasteiger partial charge in [-0.05, 0) is 17.5 Å². The summed E-state index contributed by atoms with van der Waals surface area (Å²) in [4.78, 5) is 24.0. The molecule has 0 atom stereocenters. The van der Waals surface area contributed by atoms with E-state index in [2.05, 4.69) is 17.9 Å². The van der Waals surface area contributed by atoms with E-state index in [0.29, 0.717) is 23.4 Å². The maximum atomic E-state index is 12.1. The van der Waals surface area contributed by atoms with Crippen molar-refractivity contribution in [2.24, 2.45) is 7.05 Å². The lowest BCUT2D eigenvalue weighted by molar-refractivity contribution is 0.0947. The normalized spacial score (nSPS) is 10.6. The fraction of sp³-hybridized carbons (Fsp3) is 0.231. The molecule has 0 unspecified atom stereocenters. The molecule has 0 fully saturated rings. The minimum absolute atomic E-state index is 0.163. The number of hydrogen-bond donors (Lipinski definition) is 2. The van der Waals surface area contributed by atoms with E-state index in [0.717, 1.165) is 5.39 Å². The number of nitrogens with zero attached hydrogens (tertiary/aromatic N) is 1. The van der Waals surface area contributed by atoms with Gasteiger partial charge in [-0.1, -0.05) is 18.2 Å². The molecular formula is C13H14N2O2S. The Bertz CT molecular complexity index is 649. The van der Waals surface area contributed by atoms with Gasteiger partial charge in [-0.2, -0.15) is 12.6 Å². The van der Waals surface area contributed by atoms with Crippen LogP contribution in [-0.2, 0) is 7.05 Å². The summed E-state index contributed by atoms with van der Waals surface area (Å²) in [6.45, 7) is 0.475. The standard InChI is InChI=1S/C13H14N2O2S/c1-15-11(12(16)14-6-7-18)8-9-4-2-3-5-10(9)13(15)17/h2-5,8,18H,6-7H2,1H3,(H,14,16). The third-order valence-corrected chi connectivity index (χ3v) is 3.00. The van der Waals surface area contributed by atoms with E-state index in [1.807, 2.05) is 18.2 Å². The van der Waals surface area contributed by atoms with E-state index in [-0.39, 0.29) is 11.5 Å². The Hall–Kier alpha value is -1.75. The Kier molecular flexibility index (Phi) is 3.72. The highest BCUT2D eigenvalue weighted by Crippen LogP contribution is 2.11. The van der Waals surface area contributed by atoms with Crippen molar-refractivity contribution < 1.29 is 4.79 Å². The molecule has 2 aromatic rings. The van der Waals surface area contributed by atoms with Crippen LogP contribution >= 0.6 is 12.6 Å². The SMILES string of the molecule is Cn1c(C(=O)NCCS)cc2ccccc2c1=O. The summed E-state index contributed by atoms with van der Waals surface area (Å²) in [5, 5.41) is 4.10. The molecule has 1 aromatic carbocycles. The number of rotatable bonds is 3. The number of carbonyl (C=O) groups excluding carboxylic acids is 1. The van der Waals surface area contributed by atoms with E-state index in [1.54, 1.807) is 19.2 Å². The summed E-state index contributed by atoms with van der Waals surface area (Å²) in [5.74, 6) is 0.308. The molecule has 1 aromatic heterocycles. The average Bonchev–Trinajstić information content (AvgIpc) is 2.40. The average molecular weight is 262 g/mol. The Morgan fingerprint density at radius 3 is 2.83 bits per heavy atom. The maximum absolute atomic E-state index is 12.1. The molecule has 0 aliphatic carbocycles. The molecule has 4 nitrogen and oxygen atoms in total. The molecule has 0 aliphatic rings. The van der Waals surface area contributed by atoms with Crippen LogP contribution in [0.1, 0.15) is 10.5 Å². The zero-order chi connectivity index (χ0) is 13.1. The predicted octanol–water partition coefficient (Wildman–Crippen LogP) is 1.20. The number of nitrogens with one attached hydrogen (secondary N) is 1.